The summed E-state index contributed by atoms with van der Waals surface area (Å²) in [6, 6.07) is 2.03. The van der Waals surface area contributed by atoms with E-state index in [2.05, 4.69) is 5.38 Å². The van der Waals surface area contributed by atoms with Gasteiger partial charge in [-0.2, -0.15) is 11.3 Å². The Morgan fingerprint density at radius 3 is 2.73 bits per heavy atom. The average molecular weight is 226 g/mol. The number of carbonyl (C=O) groups is 1. The molecule has 84 valence electrons. The van der Waals surface area contributed by atoms with E-state index in [1.807, 2.05) is 32.3 Å². The SMILES string of the molecule is CN(Cc1ccsc1)C(=O)C(C)(C)CN. The molecule has 0 aliphatic rings. The summed E-state index contributed by atoms with van der Waals surface area (Å²) >= 11 is 1.64. The second-order valence-corrected chi connectivity index (χ2v) is 5.16. The van der Waals surface area contributed by atoms with E-state index >= 15 is 0 Å². The fourth-order valence-corrected chi connectivity index (χ4v) is 1.99. The molecule has 0 atom stereocenters. The lowest BCUT2D eigenvalue weighted by Gasteiger charge is -2.27. The van der Waals surface area contributed by atoms with Crippen LogP contribution in [0.5, 0.6) is 0 Å². The van der Waals surface area contributed by atoms with Crippen LogP contribution >= 0.6 is 11.3 Å². The Balaban J connectivity index is 2.61. The van der Waals surface area contributed by atoms with E-state index in [4.69, 9.17) is 5.73 Å². The van der Waals surface area contributed by atoms with E-state index in [9.17, 15) is 4.79 Å². The predicted octanol–water partition coefficient (Wildman–Crippen LogP) is 1.69. The van der Waals surface area contributed by atoms with Crippen molar-refractivity contribution in [1.29, 1.82) is 0 Å². The summed E-state index contributed by atoms with van der Waals surface area (Å²) in [7, 11) is 1.82. The molecule has 0 saturated heterocycles. The maximum atomic E-state index is 12.0. The van der Waals surface area contributed by atoms with Crippen molar-refractivity contribution in [3.63, 3.8) is 0 Å². The molecule has 0 spiro atoms. The summed E-state index contributed by atoms with van der Waals surface area (Å²) in [6.07, 6.45) is 0. The zero-order valence-corrected chi connectivity index (χ0v) is 10.3. The van der Waals surface area contributed by atoms with Gasteiger partial charge in [0.25, 0.3) is 0 Å². The molecule has 3 nitrogen and oxygen atoms in total. The molecular formula is C11H18N2OS. The minimum Gasteiger partial charge on any atom is -0.341 e. The van der Waals surface area contributed by atoms with Crippen molar-refractivity contribution >= 4 is 17.2 Å². The molecule has 1 amide bonds. The van der Waals surface area contributed by atoms with Gasteiger partial charge >= 0.3 is 0 Å². The van der Waals surface area contributed by atoms with Crippen LogP contribution in [0, 0.1) is 5.41 Å². The van der Waals surface area contributed by atoms with Crippen molar-refractivity contribution in [3.05, 3.63) is 22.4 Å². The van der Waals surface area contributed by atoms with E-state index in [0.717, 1.165) is 0 Å². The number of hydrogen-bond acceptors (Lipinski definition) is 3. The number of rotatable bonds is 4. The van der Waals surface area contributed by atoms with Crippen molar-refractivity contribution in [2.45, 2.75) is 20.4 Å². The highest BCUT2D eigenvalue weighted by Crippen LogP contribution is 2.18. The van der Waals surface area contributed by atoms with Crippen molar-refractivity contribution in [1.82, 2.24) is 4.90 Å². The molecule has 0 aliphatic carbocycles. The van der Waals surface area contributed by atoms with Gasteiger partial charge in [-0.1, -0.05) is 0 Å². The van der Waals surface area contributed by atoms with Gasteiger partial charge in [0.2, 0.25) is 5.91 Å². The van der Waals surface area contributed by atoms with Crippen molar-refractivity contribution in [2.75, 3.05) is 13.6 Å². The van der Waals surface area contributed by atoms with E-state index in [-0.39, 0.29) is 5.91 Å². The quantitative estimate of drug-likeness (QED) is 0.849. The molecular weight excluding hydrogens is 208 g/mol. The Morgan fingerprint density at radius 2 is 2.27 bits per heavy atom. The van der Waals surface area contributed by atoms with Crippen LogP contribution in [-0.4, -0.2) is 24.4 Å². The monoisotopic (exact) mass is 226 g/mol. The van der Waals surface area contributed by atoms with Gasteiger partial charge in [0, 0.05) is 20.1 Å². The van der Waals surface area contributed by atoms with Crippen molar-refractivity contribution in [3.8, 4) is 0 Å². The highest BCUT2D eigenvalue weighted by molar-refractivity contribution is 7.07. The number of amides is 1. The first-order valence-corrected chi connectivity index (χ1v) is 5.88. The minimum absolute atomic E-state index is 0.0937. The van der Waals surface area contributed by atoms with Crippen LogP contribution in [0.4, 0.5) is 0 Å². The average Bonchev–Trinajstić information content (AvgIpc) is 2.69. The Hall–Kier alpha value is -0.870. The molecule has 0 aromatic carbocycles. The van der Waals surface area contributed by atoms with E-state index < -0.39 is 5.41 Å². The summed E-state index contributed by atoms with van der Waals surface area (Å²) in [5, 5.41) is 4.07. The normalized spacial score (nSPS) is 11.5. The fourth-order valence-electron chi connectivity index (χ4n) is 1.33. The molecule has 2 N–H and O–H groups in total. The molecule has 4 heteroatoms. The number of hydrogen-bond donors (Lipinski definition) is 1. The first-order valence-electron chi connectivity index (χ1n) is 4.94. The Kier molecular flexibility index (Phi) is 3.88. The predicted molar refractivity (Wildman–Crippen MR) is 63.6 cm³/mol. The van der Waals surface area contributed by atoms with Gasteiger partial charge in [0.1, 0.15) is 0 Å². The zero-order valence-electron chi connectivity index (χ0n) is 9.49. The minimum atomic E-state index is -0.467. The summed E-state index contributed by atoms with van der Waals surface area (Å²) in [5.41, 5.74) is 6.28. The van der Waals surface area contributed by atoms with Crippen LogP contribution < -0.4 is 5.73 Å². The second-order valence-electron chi connectivity index (χ2n) is 4.38. The summed E-state index contributed by atoms with van der Waals surface area (Å²) in [4.78, 5) is 13.7. The number of thiophene rings is 1. The molecule has 1 aromatic heterocycles. The Bertz CT molecular complexity index is 319. The highest BCUT2D eigenvalue weighted by Gasteiger charge is 2.28. The van der Waals surface area contributed by atoms with Gasteiger partial charge in [-0.3, -0.25) is 4.79 Å². The van der Waals surface area contributed by atoms with Crippen LogP contribution in [0.3, 0.4) is 0 Å². The first kappa shape index (κ1) is 12.2. The third-order valence-corrected chi connectivity index (χ3v) is 3.17. The highest BCUT2D eigenvalue weighted by atomic mass is 32.1. The third kappa shape index (κ3) is 3.04. The fraction of sp³-hybridized carbons (Fsp3) is 0.545. The standard InChI is InChI=1S/C11H18N2OS/c1-11(2,8-12)10(14)13(3)6-9-4-5-15-7-9/h4-5,7H,6,8,12H2,1-3H3. The van der Waals surface area contributed by atoms with Gasteiger partial charge in [-0.15, -0.1) is 0 Å². The molecule has 1 heterocycles. The van der Waals surface area contributed by atoms with Crippen LogP contribution in [0.2, 0.25) is 0 Å². The van der Waals surface area contributed by atoms with E-state index in [1.165, 1.54) is 5.56 Å². The van der Waals surface area contributed by atoms with Crippen LogP contribution in [-0.2, 0) is 11.3 Å². The second kappa shape index (κ2) is 4.77. The Labute approximate surface area is 94.9 Å². The molecule has 1 rings (SSSR count). The maximum Gasteiger partial charge on any atom is 0.229 e. The molecule has 0 radical (unpaired) electrons. The lowest BCUT2D eigenvalue weighted by molar-refractivity contribution is -0.139. The maximum absolute atomic E-state index is 12.0. The summed E-state index contributed by atoms with van der Waals surface area (Å²) in [5.74, 6) is 0.0937. The Morgan fingerprint density at radius 1 is 1.60 bits per heavy atom. The summed E-state index contributed by atoms with van der Waals surface area (Å²) < 4.78 is 0. The summed E-state index contributed by atoms with van der Waals surface area (Å²) in [6.45, 7) is 4.78. The molecule has 15 heavy (non-hydrogen) atoms. The third-order valence-electron chi connectivity index (χ3n) is 2.44. The molecule has 0 saturated carbocycles. The van der Waals surface area contributed by atoms with E-state index in [0.29, 0.717) is 13.1 Å². The molecule has 0 bridgehead atoms. The molecule has 0 unspecified atom stereocenters. The number of nitrogens with zero attached hydrogens (tertiary/aromatic N) is 1. The van der Waals surface area contributed by atoms with Crippen LogP contribution in [0.1, 0.15) is 19.4 Å². The topological polar surface area (TPSA) is 46.3 Å². The number of carbonyl (C=O) groups excluding carboxylic acids is 1. The lowest BCUT2D eigenvalue weighted by atomic mass is 9.92. The van der Waals surface area contributed by atoms with Crippen LogP contribution in [0.15, 0.2) is 16.8 Å². The van der Waals surface area contributed by atoms with Crippen LogP contribution in [0.25, 0.3) is 0 Å². The van der Waals surface area contributed by atoms with Gasteiger partial charge < -0.3 is 10.6 Å². The smallest absolute Gasteiger partial charge is 0.229 e. The molecule has 1 aromatic rings. The van der Waals surface area contributed by atoms with Gasteiger partial charge in [-0.25, -0.2) is 0 Å². The van der Waals surface area contributed by atoms with Gasteiger partial charge in [0.15, 0.2) is 0 Å². The van der Waals surface area contributed by atoms with Crippen molar-refractivity contribution in [2.24, 2.45) is 11.1 Å². The lowest BCUT2D eigenvalue weighted by Crippen LogP contribution is -2.42. The van der Waals surface area contributed by atoms with Crippen molar-refractivity contribution < 1.29 is 4.79 Å². The number of nitrogens with two attached hydrogens (primary N) is 1. The first-order chi connectivity index (χ1) is 6.97. The molecule has 0 fully saturated rings. The van der Waals surface area contributed by atoms with Gasteiger partial charge in [-0.05, 0) is 36.2 Å². The molecule has 0 aliphatic heterocycles. The largest absolute Gasteiger partial charge is 0.341 e. The van der Waals surface area contributed by atoms with Gasteiger partial charge in [0.05, 0.1) is 5.41 Å². The van der Waals surface area contributed by atoms with E-state index in [1.54, 1.807) is 16.2 Å². The zero-order chi connectivity index (χ0) is 11.5.